The highest BCUT2D eigenvalue weighted by Gasteiger charge is 2.15. The Kier molecular flexibility index (Phi) is 7.68. The van der Waals surface area contributed by atoms with Crippen LogP contribution in [0.1, 0.15) is 21.8 Å². The van der Waals surface area contributed by atoms with Crippen molar-refractivity contribution in [1.29, 1.82) is 0 Å². The zero-order valence-corrected chi connectivity index (χ0v) is 19.0. The summed E-state index contributed by atoms with van der Waals surface area (Å²) in [6, 6.07) is 20.8. The molecule has 2 heterocycles. The molecule has 8 heteroatoms. The average molecular weight is 467 g/mol. The lowest BCUT2D eigenvalue weighted by molar-refractivity contribution is -0.118. The van der Waals surface area contributed by atoms with Gasteiger partial charge in [-0.3, -0.25) is 4.79 Å². The molecule has 2 aromatic heterocycles. The number of carbonyl (C=O) groups is 1. The number of amides is 1. The Hall–Kier alpha value is -2.97. The van der Waals surface area contributed by atoms with Crippen LogP contribution >= 0.6 is 23.1 Å². The van der Waals surface area contributed by atoms with Gasteiger partial charge in [0.1, 0.15) is 11.6 Å². The fourth-order valence-electron chi connectivity index (χ4n) is 3.25. The minimum absolute atomic E-state index is 0.163. The lowest BCUT2D eigenvalue weighted by Crippen LogP contribution is -2.25. The third kappa shape index (κ3) is 6.05. The van der Waals surface area contributed by atoms with Crippen LogP contribution in [0.25, 0.3) is 0 Å². The molecule has 0 unspecified atom stereocenters. The Labute approximate surface area is 194 Å². The summed E-state index contributed by atoms with van der Waals surface area (Å²) < 4.78 is 15.8. The molecule has 0 atom stereocenters. The van der Waals surface area contributed by atoms with E-state index >= 15 is 0 Å². The van der Waals surface area contributed by atoms with Crippen molar-refractivity contribution in [3.05, 3.63) is 99.8 Å². The number of rotatable bonds is 10. The maximum atomic E-state index is 13.7. The smallest absolute Gasteiger partial charge is 0.230 e. The van der Waals surface area contributed by atoms with Crippen LogP contribution in [0.4, 0.5) is 4.39 Å². The summed E-state index contributed by atoms with van der Waals surface area (Å²) in [5.41, 5.74) is 1.71. The van der Waals surface area contributed by atoms with Gasteiger partial charge in [-0.25, -0.2) is 4.39 Å². The third-order valence-corrected chi connectivity index (χ3v) is 6.78. The number of aromatic nitrogens is 3. The van der Waals surface area contributed by atoms with Gasteiger partial charge in [0.05, 0.1) is 5.75 Å². The predicted octanol–water partition coefficient (Wildman–Crippen LogP) is 4.72. The number of halogens is 1. The first-order chi connectivity index (χ1) is 15.7. The first-order valence-electron chi connectivity index (χ1n) is 10.3. The van der Waals surface area contributed by atoms with Gasteiger partial charge in [-0.2, -0.15) is 0 Å². The Morgan fingerprint density at radius 3 is 2.62 bits per heavy atom. The normalized spacial score (nSPS) is 10.9. The van der Waals surface area contributed by atoms with Crippen molar-refractivity contribution in [3.63, 3.8) is 0 Å². The zero-order valence-electron chi connectivity index (χ0n) is 17.4. The van der Waals surface area contributed by atoms with Crippen LogP contribution in [0.2, 0.25) is 0 Å². The Balaban J connectivity index is 1.40. The van der Waals surface area contributed by atoms with E-state index in [1.165, 1.54) is 28.3 Å². The van der Waals surface area contributed by atoms with Gasteiger partial charge in [-0.1, -0.05) is 66.4 Å². The van der Waals surface area contributed by atoms with Gasteiger partial charge in [-0.15, -0.1) is 21.5 Å². The molecule has 1 amide bonds. The molecule has 5 nitrogen and oxygen atoms in total. The average Bonchev–Trinajstić information content (AvgIpc) is 3.46. The molecular weight excluding hydrogens is 443 g/mol. The number of thiophene rings is 1. The highest BCUT2D eigenvalue weighted by molar-refractivity contribution is 7.99. The van der Waals surface area contributed by atoms with Gasteiger partial charge in [0, 0.05) is 30.0 Å². The number of hydrogen-bond acceptors (Lipinski definition) is 5. The van der Waals surface area contributed by atoms with Crippen molar-refractivity contribution in [2.24, 2.45) is 0 Å². The standard InChI is InChI=1S/C24H23FN4OS2/c25-21-11-5-4-9-19(21)16-26-23(30)17-32-24-28-27-22(15-20-10-6-14-31-20)29(24)13-12-18-7-2-1-3-8-18/h1-11,14H,12-13,15-17H2,(H,26,30). The van der Waals surface area contributed by atoms with Crippen LogP contribution in [0, 0.1) is 5.82 Å². The van der Waals surface area contributed by atoms with Crippen LogP contribution in [-0.2, 0) is 30.7 Å². The Bertz CT molecular complexity index is 1150. The van der Waals surface area contributed by atoms with Crippen LogP contribution in [-0.4, -0.2) is 26.4 Å². The molecule has 0 fully saturated rings. The highest BCUT2D eigenvalue weighted by Crippen LogP contribution is 2.21. The molecule has 0 spiro atoms. The van der Waals surface area contributed by atoms with Crippen molar-refractivity contribution in [1.82, 2.24) is 20.1 Å². The molecule has 32 heavy (non-hydrogen) atoms. The van der Waals surface area contributed by atoms with E-state index in [0.29, 0.717) is 17.1 Å². The van der Waals surface area contributed by atoms with Gasteiger partial charge in [0.2, 0.25) is 5.91 Å². The number of hydrogen-bond donors (Lipinski definition) is 1. The summed E-state index contributed by atoms with van der Waals surface area (Å²) in [5, 5.41) is 14.3. The SMILES string of the molecule is O=C(CSc1nnc(Cc2cccs2)n1CCc1ccccc1)NCc1ccccc1F. The molecule has 0 saturated heterocycles. The van der Waals surface area contributed by atoms with Gasteiger partial charge >= 0.3 is 0 Å². The predicted molar refractivity (Wildman–Crippen MR) is 126 cm³/mol. The molecule has 2 aromatic carbocycles. The highest BCUT2D eigenvalue weighted by atomic mass is 32.2. The van der Waals surface area contributed by atoms with Crippen LogP contribution in [0.15, 0.2) is 77.3 Å². The number of benzene rings is 2. The Morgan fingerprint density at radius 1 is 1.03 bits per heavy atom. The van der Waals surface area contributed by atoms with Crippen molar-refractivity contribution < 1.29 is 9.18 Å². The van der Waals surface area contributed by atoms with Crippen LogP contribution in [0.5, 0.6) is 0 Å². The van der Waals surface area contributed by atoms with Gasteiger partial charge < -0.3 is 9.88 Å². The third-order valence-electron chi connectivity index (χ3n) is 4.94. The molecule has 0 saturated carbocycles. The van der Waals surface area contributed by atoms with E-state index in [9.17, 15) is 9.18 Å². The molecule has 164 valence electrons. The summed E-state index contributed by atoms with van der Waals surface area (Å²) in [6.07, 6.45) is 1.56. The van der Waals surface area contributed by atoms with Gasteiger partial charge in [-0.05, 0) is 29.5 Å². The van der Waals surface area contributed by atoms with E-state index in [-0.39, 0.29) is 24.0 Å². The molecule has 0 aliphatic rings. The second-order valence-electron chi connectivity index (χ2n) is 7.20. The molecule has 0 aliphatic heterocycles. The molecule has 0 radical (unpaired) electrons. The van der Waals surface area contributed by atoms with E-state index in [0.717, 1.165) is 18.8 Å². The summed E-state index contributed by atoms with van der Waals surface area (Å²) in [4.78, 5) is 13.6. The molecule has 0 aliphatic carbocycles. The molecule has 4 rings (SSSR count). The number of carbonyl (C=O) groups excluding carboxylic acids is 1. The lowest BCUT2D eigenvalue weighted by atomic mass is 10.1. The molecule has 4 aromatic rings. The Morgan fingerprint density at radius 2 is 1.84 bits per heavy atom. The van der Waals surface area contributed by atoms with Crippen molar-refractivity contribution in [3.8, 4) is 0 Å². The number of nitrogens with zero attached hydrogens (tertiary/aromatic N) is 3. The first-order valence-corrected chi connectivity index (χ1v) is 12.2. The minimum Gasteiger partial charge on any atom is -0.351 e. The van der Waals surface area contributed by atoms with Crippen LogP contribution < -0.4 is 5.32 Å². The minimum atomic E-state index is -0.320. The van der Waals surface area contributed by atoms with Crippen LogP contribution in [0.3, 0.4) is 0 Å². The maximum absolute atomic E-state index is 13.7. The summed E-state index contributed by atoms with van der Waals surface area (Å²) >= 11 is 3.04. The molecule has 0 bridgehead atoms. The number of nitrogens with one attached hydrogen (secondary N) is 1. The second-order valence-corrected chi connectivity index (χ2v) is 9.17. The summed E-state index contributed by atoms with van der Waals surface area (Å²) in [5.74, 6) is 0.587. The fourth-order valence-corrected chi connectivity index (χ4v) is 4.77. The summed E-state index contributed by atoms with van der Waals surface area (Å²) in [6.45, 7) is 0.896. The molecular formula is C24H23FN4OS2. The van der Waals surface area contributed by atoms with E-state index in [1.54, 1.807) is 29.5 Å². The number of aryl methyl sites for hydroxylation is 1. The molecule has 1 N–H and O–H groups in total. The fraction of sp³-hybridized carbons (Fsp3) is 0.208. The monoisotopic (exact) mass is 466 g/mol. The van der Waals surface area contributed by atoms with E-state index < -0.39 is 0 Å². The first kappa shape index (κ1) is 22.2. The summed E-state index contributed by atoms with van der Waals surface area (Å²) in [7, 11) is 0. The van der Waals surface area contributed by atoms with Crippen molar-refractivity contribution in [2.75, 3.05) is 5.75 Å². The number of thioether (sulfide) groups is 1. The zero-order chi connectivity index (χ0) is 22.2. The van der Waals surface area contributed by atoms with Crippen molar-refractivity contribution in [2.45, 2.75) is 31.1 Å². The van der Waals surface area contributed by atoms with E-state index in [2.05, 4.69) is 43.7 Å². The lowest BCUT2D eigenvalue weighted by Gasteiger charge is -2.10. The van der Waals surface area contributed by atoms with Gasteiger partial charge in [0.25, 0.3) is 0 Å². The largest absolute Gasteiger partial charge is 0.351 e. The maximum Gasteiger partial charge on any atom is 0.230 e. The second kappa shape index (κ2) is 11.1. The topological polar surface area (TPSA) is 59.8 Å². The van der Waals surface area contributed by atoms with E-state index in [4.69, 9.17) is 0 Å². The van der Waals surface area contributed by atoms with E-state index in [1.807, 2.05) is 24.3 Å². The van der Waals surface area contributed by atoms with Gasteiger partial charge in [0.15, 0.2) is 5.16 Å². The quantitative estimate of drug-likeness (QED) is 0.344. The van der Waals surface area contributed by atoms with Crippen molar-refractivity contribution >= 4 is 29.0 Å².